The minimum Gasteiger partial charge on any atom is -0.495 e. The average molecular weight is 221 g/mol. The van der Waals surface area contributed by atoms with Crippen LogP contribution in [-0.2, 0) is 4.74 Å². The normalized spacial score (nSPS) is 9.69. The Morgan fingerprint density at radius 3 is 2.69 bits per heavy atom. The molecule has 0 unspecified atom stereocenters. The smallest absolute Gasteiger partial charge is 0.341 e. The summed E-state index contributed by atoms with van der Waals surface area (Å²) in [4.78, 5) is 11.6. The molecule has 1 aromatic rings. The highest BCUT2D eigenvalue weighted by molar-refractivity contribution is 5.97. The molecule has 1 aromatic carbocycles. The number of carbonyl (C=O) groups is 1. The number of rotatable bonds is 4. The lowest BCUT2D eigenvalue weighted by Gasteiger charge is -2.12. The Morgan fingerprint density at radius 1 is 1.50 bits per heavy atom. The number of carbonyl (C=O) groups excluding carboxylic acids is 1. The van der Waals surface area contributed by atoms with Gasteiger partial charge in [0.05, 0.1) is 13.7 Å². The topological polar surface area (TPSA) is 59.4 Å². The van der Waals surface area contributed by atoms with Gasteiger partial charge in [0.2, 0.25) is 0 Å². The van der Waals surface area contributed by atoms with Crippen LogP contribution in [0, 0.1) is 12.3 Å². The summed E-state index contributed by atoms with van der Waals surface area (Å²) in [6.07, 6.45) is 1.18. The molecule has 0 aliphatic rings. The second-order valence-electron chi connectivity index (χ2n) is 3.24. The molecular formula is C12H15NO3. The maximum Gasteiger partial charge on any atom is 0.341 e. The fourth-order valence-corrected chi connectivity index (χ4v) is 1.47. The van der Waals surface area contributed by atoms with E-state index in [2.05, 4.69) is 0 Å². The van der Waals surface area contributed by atoms with Gasteiger partial charge in [-0.3, -0.25) is 0 Å². The van der Waals surface area contributed by atoms with Gasteiger partial charge in [-0.1, -0.05) is 6.07 Å². The van der Waals surface area contributed by atoms with Gasteiger partial charge in [-0.2, -0.15) is 0 Å². The van der Waals surface area contributed by atoms with E-state index in [4.69, 9.17) is 14.9 Å². The summed E-state index contributed by atoms with van der Waals surface area (Å²) in [6.45, 7) is 3.92. The number of aryl methyl sites for hydroxylation is 1. The van der Waals surface area contributed by atoms with E-state index in [1.54, 1.807) is 19.1 Å². The first-order valence-corrected chi connectivity index (χ1v) is 5.00. The molecule has 0 radical (unpaired) electrons. The van der Waals surface area contributed by atoms with E-state index in [9.17, 15) is 4.79 Å². The Hall–Kier alpha value is -1.84. The Kier molecular flexibility index (Phi) is 4.05. The van der Waals surface area contributed by atoms with Crippen molar-refractivity contribution in [3.8, 4) is 5.75 Å². The fourth-order valence-electron chi connectivity index (χ4n) is 1.47. The van der Waals surface area contributed by atoms with Gasteiger partial charge >= 0.3 is 5.97 Å². The van der Waals surface area contributed by atoms with E-state index in [0.29, 0.717) is 23.5 Å². The number of ether oxygens (including phenoxy) is 2. The standard InChI is InChI=1S/C12H15NO3/c1-4-16-12(14)9-6-5-8(2)10(7-13)11(9)15-3/h5-7,13H,4H2,1-3H3. The lowest BCUT2D eigenvalue weighted by Crippen LogP contribution is -2.09. The second-order valence-corrected chi connectivity index (χ2v) is 3.24. The highest BCUT2D eigenvalue weighted by Gasteiger charge is 2.17. The van der Waals surface area contributed by atoms with Crippen molar-refractivity contribution in [1.29, 1.82) is 5.41 Å². The van der Waals surface area contributed by atoms with E-state index in [0.717, 1.165) is 5.56 Å². The van der Waals surface area contributed by atoms with Gasteiger partial charge in [0.15, 0.2) is 0 Å². The summed E-state index contributed by atoms with van der Waals surface area (Å²) in [5.41, 5.74) is 1.85. The number of benzene rings is 1. The third-order valence-corrected chi connectivity index (χ3v) is 2.26. The first-order chi connectivity index (χ1) is 7.65. The van der Waals surface area contributed by atoms with Crippen molar-refractivity contribution in [2.75, 3.05) is 13.7 Å². The van der Waals surface area contributed by atoms with Crippen LogP contribution in [-0.4, -0.2) is 25.9 Å². The molecule has 0 aliphatic heterocycles. The second kappa shape index (κ2) is 5.30. The molecule has 4 heteroatoms. The van der Waals surface area contributed by atoms with Crippen molar-refractivity contribution >= 4 is 12.2 Å². The van der Waals surface area contributed by atoms with Crippen molar-refractivity contribution in [1.82, 2.24) is 0 Å². The number of hydrogen-bond acceptors (Lipinski definition) is 4. The Morgan fingerprint density at radius 2 is 2.19 bits per heavy atom. The van der Waals surface area contributed by atoms with E-state index in [1.807, 2.05) is 6.92 Å². The first kappa shape index (κ1) is 12.2. The maximum atomic E-state index is 11.6. The summed E-state index contributed by atoms with van der Waals surface area (Å²) in [5.74, 6) is -0.0316. The Balaban J connectivity index is 3.29. The number of nitrogens with one attached hydrogen (secondary N) is 1. The minimum absolute atomic E-state index is 0.315. The zero-order chi connectivity index (χ0) is 12.1. The van der Waals surface area contributed by atoms with E-state index >= 15 is 0 Å². The molecule has 16 heavy (non-hydrogen) atoms. The molecule has 0 heterocycles. The summed E-state index contributed by atoms with van der Waals surface area (Å²) >= 11 is 0. The van der Waals surface area contributed by atoms with Gasteiger partial charge in [0.1, 0.15) is 11.3 Å². The van der Waals surface area contributed by atoms with Crippen molar-refractivity contribution < 1.29 is 14.3 Å². The minimum atomic E-state index is -0.428. The molecule has 0 fully saturated rings. The number of methoxy groups -OCH3 is 1. The Labute approximate surface area is 94.7 Å². The molecule has 1 rings (SSSR count). The van der Waals surface area contributed by atoms with Crippen LogP contribution >= 0.6 is 0 Å². The van der Waals surface area contributed by atoms with Crippen molar-refractivity contribution in [3.63, 3.8) is 0 Å². The van der Waals surface area contributed by atoms with Crippen LogP contribution in [0.25, 0.3) is 0 Å². The molecule has 0 aliphatic carbocycles. The van der Waals surface area contributed by atoms with Gasteiger partial charge in [-0.05, 0) is 25.5 Å². The first-order valence-electron chi connectivity index (χ1n) is 5.00. The van der Waals surface area contributed by atoms with Gasteiger partial charge in [0, 0.05) is 11.8 Å². The molecule has 0 amide bonds. The van der Waals surface area contributed by atoms with Crippen molar-refractivity contribution in [3.05, 3.63) is 28.8 Å². The van der Waals surface area contributed by atoms with Crippen LogP contribution in [0.2, 0.25) is 0 Å². The molecule has 0 spiro atoms. The summed E-state index contributed by atoms with van der Waals surface area (Å²) in [7, 11) is 1.48. The summed E-state index contributed by atoms with van der Waals surface area (Å²) in [6, 6.07) is 3.42. The lowest BCUT2D eigenvalue weighted by molar-refractivity contribution is 0.0522. The van der Waals surface area contributed by atoms with Crippen molar-refractivity contribution in [2.24, 2.45) is 0 Å². The predicted octanol–water partition coefficient (Wildman–Crippen LogP) is 2.18. The molecule has 1 N–H and O–H groups in total. The van der Waals surface area contributed by atoms with E-state index in [-0.39, 0.29) is 0 Å². The van der Waals surface area contributed by atoms with Gasteiger partial charge in [0.25, 0.3) is 0 Å². The Bertz CT molecular complexity index is 413. The predicted molar refractivity (Wildman–Crippen MR) is 61.6 cm³/mol. The van der Waals surface area contributed by atoms with Crippen LogP contribution in [0.1, 0.15) is 28.4 Å². The van der Waals surface area contributed by atoms with E-state index < -0.39 is 5.97 Å². The zero-order valence-electron chi connectivity index (χ0n) is 9.66. The largest absolute Gasteiger partial charge is 0.495 e. The monoisotopic (exact) mass is 221 g/mol. The molecule has 0 saturated carbocycles. The molecule has 0 atom stereocenters. The van der Waals surface area contributed by atoms with Crippen LogP contribution in [0.3, 0.4) is 0 Å². The third kappa shape index (κ3) is 2.21. The third-order valence-electron chi connectivity index (χ3n) is 2.26. The number of hydrogen-bond donors (Lipinski definition) is 1. The van der Waals surface area contributed by atoms with Crippen molar-refractivity contribution in [2.45, 2.75) is 13.8 Å². The molecule has 0 saturated heterocycles. The molecule has 4 nitrogen and oxygen atoms in total. The number of esters is 1. The highest BCUT2D eigenvalue weighted by atomic mass is 16.5. The maximum absolute atomic E-state index is 11.6. The molecular weight excluding hydrogens is 206 g/mol. The van der Waals surface area contributed by atoms with Gasteiger partial charge < -0.3 is 14.9 Å². The van der Waals surface area contributed by atoms with Gasteiger partial charge in [-0.25, -0.2) is 4.79 Å². The van der Waals surface area contributed by atoms with Crippen LogP contribution in [0.15, 0.2) is 12.1 Å². The molecule has 0 bridgehead atoms. The highest BCUT2D eigenvalue weighted by Crippen LogP contribution is 2.26. The van der Waals surface area contributed by atoms with Crippen LogP contribution < -0.4 is 4.74 Å². The molecule has 86 valence electrons. The molecule has 0 aromatic heterocycles. The van der Waals surface area contributed by atoms with Crippen LogP contribution in [0.4, 0.5) is 0 Å². The zero-order valence-corrected chi connectivity index (χ0v) is 9.66. The fraction of sp³-hybridized carbons (Fsp3) is 0.333. The van der Waals surface area contributed by atoms with E-state index in [1.165, 1.54) is 13.3 Å². The SMILES string of the molecule is CCOC(=O)c1ccc(C)c(C=N)c1OC. The van der Waals surface area contributed by atoms with Crippen LogP contribution in [0.5, 0.6) is 5.75 Å². The lowest BCUT2D eigenvalue weighted by atomic mass is 10.0. The average Bonchev–Trinajstić information content (AvgIpc) is 2.28. The summed E-state index contributed by atoms with van der Waals surface area (Å²) < 4.78 is 10.1. The van der Waals surface area contributed by atoms with Gasteiger partial charge in [-0.15, -0.1) is 0 Å². The quantitative estimate of drug-likeness (QED) is 0.626. The summed E-state index contributed by atoms with van der Waals surface area (Å²) in [5, 5.41) is 7.31.